The number of methoxy groups -OCH3 is 1. The van der Waals surface area contributed by atoms with Crippen molar-refractivity contribution in [3.63, 3.8) is 0 Å². The fourth-order valence-electron chi connectivity index (χ4n) is 2.06. The zero-order valence-corrected chi connectivity index (χ0v) is 12.9. The van der Waals surface area contributed by atoms with Crippen LogP contribution < -0.4 is 15.4 Å². The molecule has 20 heavy (non-hydrogen) atoms. The third-order valence-corrected chi connectivity index (χ3v) is 3.12. The lowest BCUT2D eigenvalue weighted by atomic mass is 10.1. The molecule has 0 saturated heterocycles. The average molecular weight is 278 g/mol. The van der Waals surface area contributed by atoms with Crippen molar-refractivity contribution < 1.29 is 9.53 Å². The molecule has 0 fully saturated rings. The predicted octanol–water partition coefficient (Wildman–Crippen LogP) is 2.65. The molecule has 2 N–H and O–H groups in total. The fourth-order valence-corrected chi connectivity index (χ4v) is 2.06. The van der Waals surface area contributed by atoms with Gasteiger partial charge in [0.1, 0.15) is 5.75 Å². The van der Waals surface area contributed by atoms with Gasteiger partial charge in [0.15, 0.2) is 0 Å². The number of benzene rings is 1. The van der Waals surface area contributed by atoms with Gasteiger partial charge < -0.3 is 15.4 Å². The number of ether oxygens (including phenoxy) is 1. The Morgan fingerprint density at radius 1 is 1.25 bits per heavy atom. The van der Waals surface area contributed by atoms with Gasteiger partial charge in [-0.1, -0.05) is 32.0 Å². The SMILES string of the molecule is COc1ccccc1[C@@H](C)NC(=O)CCCNC(C)C. The first-order valence-electron chi connectivity index (χ1n) is 7.20. The monoisotopic (exact) mass is 278 g/mol. The molecule has 1 rings (SSSR count). The highest BCUT2D eigenvalue weighted by Gasteiger charge is 2.13. The molecule has 0 unspecified atom stereocenters. The minimum absolute atomic E-state index is 0.0447. The van der Waals surface area contributed by atoms with Crippen molar-refractivity contribution in [3.05, 3.63) is 29.8 Å². The van der Waals surface area contributed by atoms with Gasteiger partial charge in [0.05, 0.1) is 13.2 Å². The lowest BCUT2D eigenvalue weighted by Crippen LogP contribution is -2.29. The van der Waals surface area contributed by atoms with E-state index in [-0.39, 0.29) is 11.9 Å². The minimum atomic E-state index is -0.0447. The van der Waals surface area contributed by atoms with Gasteiger partial charge in [-0.3, -0.25) is 4.79 Å². The molecule has 0 aliphatic rings. The zero-order chi connectivity index (χ0) is 15.0. The summed E-state index contributed by atoms with van der Waals surface area (Å²) in [6, 6.07) is 8.18. The number of carbonyl (C=O) groups is 1. The molecule has 0 bridgehead atoms. The summed E-state index contributed by atoms with van der Waals surface area (Å²) in [5.41, 5.74) is 1.00. The molecule has 4 heteroatoms. The van der Waals surface area contributed by atoms with Gasteiger partial charge in [-0.15, -0.1) is 0 Å². The lowest BCUT2D eigenvalue weighted by molar-refractivity contribution is -0.121. The largest absolute Gasteiger partial charge is 0.496 e. The van der Waals surface area contributed by atoms with Crippen LogP contribution in [-0.4, -0.2) is 25.6 Å². The van der Waals surface area contributed by atoms with Gasteiger partial charge >= 0.3 is 0 Å². The molecule has 4 nitrogen and oxygen atoms in total. The number of nitrogens with one attached hydrogen (secondary N) is 2. The van der Waals surface area contributed by atoms with Crippen LogP contribution in [0.2, 0.25) is 0 Å². The highest BCUT2D eigenvalue weighted by Crippen LogP contribution is 2.24. The van der Waals surface area contributed by atoms with Crippen LogP contribution in [0, 0.1) is 0 Å². The van der Waals surface area contributed by atoms with E-state index in [0.717, 1.165) is 24.3 Å². The number of hydrogen-bond acceptors (Lipinski definition) is 3. The average Bonchev–Trinajstić information content (AvgIpc) is 2.43. The molecule has 0 heterocycles. The molecule has 1 aromatic rings. The van der Waals surface area contributed by atoms with Crippen molar-refractivity contribution in [1.29, 1.82) is 0 Å². The first-order valence-corrected chi connectivity index (χ1v) is 7.20. The number of carbonyl (C=O) groups excluding carboxylic acids is 1. The van der Waals surface area contributed by atoms with Crippen molar-refractivity contribution in [2.24, 2.45) is 0 Å². The summed E-state index contributed by atoms with van der Waals surface area (Å²) in [7, 11) is 1.64. The molecule has 1 aromatic carbocycles. The van der Waals surface area contributed by atoms with E-state index in [1.165, 1.54) is 0 Å². The molecule has 0 spiro atoms. The summed E-state index contributed by atoms with van der Waals surface area (Å²) >= 11 is 0. The third kappa shape index (κ3) is 5.61. The van der Waals surface area contributed by atoms with Crippen LogP contribution in [0.15, 0.2) is 24.3 Å². The molecule has 1 atom stereocenters. The summed E-state index contributed by atoms with van der Waals surface area (Å²) in [6.07, 6.45) is 1.39. The van der Waals surface area contributed by atoms with Gasteiger partial charge in [-0.05, 0) is 26.0 Å². The second-order valence-electron chi connectivity index (χ2n) is 5.24. The molecule has 0 aliphatic heterocycles. The van der Waals surface area contributed by atoms with Crippen LogP contribution >= 0.6 is 0 Å². The Labute approximate surface area is 121 Å². The molecule has 0 aromatic heterocycles. The van der Waals surface area contributed by atoms with Crippen molar-refractivity contribution >= 4 is 5.91 Å². The van der Waals surface area contributed by atoms with Gasteiger partial charge in [-0.25, -0.2) is 0 Å². The van der Waals surface area contributed by atoms with Gasteiger partial charge in [0.2, 0.25) is 5.91 Å². The van der Waals surface area contributed by atoms with E-state index in [2.05, 4.69) is 24.5 Å². The van der Waals surface area contributed by atoms with Gasteiger partial charge in [0.25, 0.3) is 0 Å². The molecular formula is C16H26N2O2. The summed E-state index contributed by atoms with van der Waals surface area (Å²) < 4.78 is 5.31. The van der Waals surface area contributed by atoms with Crippen LogP contribution in [0.1, 0.15) is 45.2 Å². The van der Waals surface area contributed by atoms with Crippen molar-refractivity contribution in [2.75, 3.05) is 13.7 Å². The number of rotatable bonds is 8. The Morgan fingerprint density at radius 3 is 2.60 bits per heavy atom. The minimum Gasteiger partial charge on any atom is -0.496 e. The summed E-state index contributed by atoms with van der Waals surface area (Å²) in [4.78, 5) is 11.9. The number of hydrogen-bond donors (Lipinski definition) is 2. The van der Waals surface area contributed by atoms with E-state index in [9.17, 15) is 4.79 Å². The van der Waals surface area contributed by atoms with Crippen LogP contribution in [0.3, 0.4) is 0 Å². The lowest BCUT2D eigenvalue weighted by Gasteiger charge is -2.17. The zero-order valence-electron chi connectivity index (χ0n) is 12.9. The number of amides is 1. The third-order valence-electron chi connectivity index (χ3n) is 3.12. The molecule has 1 amide bonds. The van der Waals surface area contributed by atoms with Crippen LogP contribution in [-0.2, 0) is 4.79 Å². The second-order valence-corrected chi connectivity index (χ2v) is 5.24. The first kappa shape index (κ1) is 16.5. The Bertz CT molecular complexity index is 419. The van der Waals surface area contributed by atoms with E-state index < -0.39 is 0 Å². The Hall–Kier alpha value is -1.55. The van der Waals surface area contributed by atoms with Crippen LogP contribution in [0.5, 0.6) is 5.75 Å². The van der Waals surface area contributed by atoms with Gasteiger partial charge in [-0.2, -0.15) is 0 Å². The van der Waals surface area contributed by atoms with E-state index in [1.54, 1.807) is 7.11 Å². The highest BCUT2D eigenvalue weighted by atomic mass is 16.5. The smallest absolute Gasteiger partial charge is 0.220 e. The van der Waals surface area contributed by atoms with E-state index >= 15 is 0 Å². The normalized spacial score (nSPS) is 12.2. The summed E-state index contributed by atoms with van der Waals surface area (Å²) in [5.74, 6) is 0.885. The molecular weight excluding hydrogens is 252 g/mol. The molecule has 0 radical (unpaired) electrons. The van der Waals surface area contributed by atoms with E-state index in [0.29, 0.717) is 12.5 Å². The fraction of sp³-hybridized carbons (Fsp3) is 0.562. The predicted molar refractivity (Wildman–Crippen MR) is 81.9 cm³/mol. The Balaban J connectivity index is 2.41. The molecule has 0 saturated carbocycles. The Kier molecular flexibility index (Phi) is 7.09. The second kappa shape index (κ2) is 8.59. The summed E-state index contributed by atoms with van der Waals surface area (Å²) in [5, 5.41) is 6.32. The van der Waals surface area contributed by atoms with Crippen molar-refractivity contribution in [2.45, 2.75) is 45.7 Å². The van der Waals surface area contributed by atoms with Gasteiger partial charge in [0, 0.05) is 18.0 Å². The maximum atomic E-state index is 11.9. The van der Waals surface area contributed by atoms with Crippen LogP contribution in [0.25, 0.3) is 0 Å². The standard InChI is InChI=1S/C16H26N2O2/c1-12(2)17-11-7-10-16(19)18-13(3)14-8-5-6-9-15(14)20-4/h5-6,8-9,12-13,17H,7,10-11H2,1-4H3,(H,18,19)/t13-/m1/s1. The topological polar surface area (TPSA) is 50.4 Å². The van der Waals surface area contributed by atoms with E-state index in [1.807, 2.05) is 31.2 Å². The Morgan fingerprint density at radius 2 is 1.95 bits per heavy atom. The molecule has 112 valence electrons. The van der Waals surface area contributed by atoms with E-state index in [4.69, 9.17) is 4.74 Å². The molecule has 0 aliphatic carbocycles. The summed E-state index contributed by atoms with van der Waals surface area (Å²) in [6.45, 7) is 7.05. The maximum Gasteiger partial charge on any atom is 0.220 e. The van der Waals surface area contributed by atoms with Crippen molar-refractivity contribution in [3.8, 4) is 5.75 Å². The number of para-hydroxylation sites is 1. The first-order chi connectivity index (χ1) is 9.54. The van der Waals surface area contributed by atoms with Crippen molar-refractivity contribution in [1.82, 2.24) is 10.6 Å². The quantitative estimate of drug-likeness (QED) is 0.719. The van der Waals surface area contributed by atoms with Crippen LogP contribution in [0.4, 0.5) is 0 Å². The maximum absolute atomic E-state index is 11.9. The highest BCUT2D eigenvalue weighted by molar-refractivity contribution is 5.76.